The van der Waals surface area contributed by atoms with Crippen LogP contribution in [0.15, 0.2) is 53.4 Å². The van der Waals surface area contributed by atoms with Crippen molar-refractivity contribution < 1.29 is 36.4 Å². The zero-order valence-electron chi connectivity index (χ0n) is 18.4. The number of nitrogens with zero attached hydrogens (tertiary/aromatic N) is 5. The monoisotopic (exact) mass is 508 g/mol. The maximum atomic E-state index is 14.3. The van der Waals surface area contributed by atoms with E-state index in [1.54, 1.807) is 12.1 Å². The molecule has 0 aliphatic heterocycles. The van der Waals surface area contributed by atoms with Gasteiger partial charge in [-0.3, -0.25) is 9.48 Å². The Bertz CT molecular complexity index is 1390. The number of nitrogens with one attached hydrogen (secondary N) is 1. The Hall–Kier alpha value is -4.36. The normalized spacial score (nSPS) is 13.4. The first-order valence-corrected chi connectivity index (χ1v) is 10.3. The van der Waals surface area contributed by atoms with Crippen LogP contribution in [0.3, 0.4) is 0 Å². The van der Waals surface area contributed by atoms with E-state index in [0.717, 1.165) is 0 Å². The molecule has 0 spiro atoms. The molecule has 2 N–H and O–H groups in total. The Labute approximate surface area is 199 Å². The van der Waals surface area contributed by atoms with Crippen LogP contribution in [0.2, 0.25) is 0 Å². The van der Waals surface area contributed by atoms with E-state index in [9.17, 15) is 26.7 Å². The predicted molar refractivity (Wildman–Crippen MR) is 114 cm³/mol. The van der Waals surface area contributed by atoms with E-state index in [-0.39, 0.29) is 18.1 Å². The molecule has 1 aromatic carbocycles. The van der Waals surface area contributed by atoms with Gasteiger partial charge in [0.2, 0.25) is 0 Å². The first-order chi connectivity index (χ1) is 17.0. The molecule has 0 bridgehead atoms. The van der Waals surface area contributed by atoms with Gasteiger partial charge >= 0.3 is 12.1 Å². The molecule has 4 rings (SSSR count). The highest BCUT2D eigenvalue weighted by atomic mass is 19.4. The molecule has 0 aliphatic carbocycles. The fraction of sp³-hybridized carbons (Fsp3) is 0.227. The highest BCUT2D eigenvalue weighted by Gasteiger charge is 2.57. The number of anilines is 1. The van der Waals surface area contributed by atoms with Gasteiger partial charge in [-0.1, -0.05) is 23.4 Å². The molecule has 0 radical (unpaired) electrons. The highest BCUT2D eigenvalue weighted by Crippen LogP contribution is 2.38. The lowest BCUT2D eigenvalue weighted by molar-refractivity contribution is -0.222. The first-order valence-electron chi connectivity index (χ1n) is 10.3. The average molecular weight is 508 g/mol. The predicted octanol–water partition coefficient (Wildman–Crippen LogP) is 4.39. The van der Waals surface area contributed by atoms with E-state index in [2.05, 4.69) is 25.5 Å². The van der Waals surface area contributed by atoms with Crippen LogP contribution in [0.25, 0.3) is 22.9 Å². The summed E-state index contributed by atoms with van der Waals surface area (Å²) >= 11 is 0. The molecule has 0 fully saturated rings. The molecule has 0 saturated carbocycles. The highest BCUT2D eigenvalue weighted by molar-refractivity contribution is 5.76. The van der Waals surface area contributed by atoms with E-state index < -0.39 is 41.6 Å². The zero-order valence-corrected chi connectivity index (χ0v) is 18.4. The van der Waals surface area contributed by atoms with Crippen LogP contribution in [-0.4, -0.2) is 48.7 Å². The van der Waals surface area contributed by atoms with Crippen molar-refractivity contribution in [3.8, 4) is 22.9 Å². The van der Waals surface area contributed by atoms with Crippen molar-refractivity contribution in [2.75, 3.05) is 11.9 Å². The fourth-order valence-corrected chi connectivity index (χ4v) is 3.16. The summed E-state index contributed by atoms with van der Waals surface area (Å²) < 4.78 is 74.6. The number of aromatic nitrogens is 5. The third-order valence-electron chi connectivity index (χ3n) is 5.44. The molecule has 0 amide bonds. The Morgan fingerprint density at radius 1 is 1.14 bits per heavy atom. The largest absolute Gasteiger partial charge is 0.481 e. The van der Waals surface area contributed by atoms with E-state index in [1.165, 1.54) is 35.2 Å². The summed E-state index contributed by atoms with van der Waals surface area (Å²) in [6, 6.07) is 9.00. The molecule has 14 heteroatoms. The Balaban J connectivity index is 1.69. The third kappa shape index (κ3) is 4.74. The lowest BCUT2D eigenvalue weighted by Gasteiger charge is -2.27. The van der Waals surface area contributed by atoms with Gasteiger partial charge in [-0.2, -0.15) is 18.3 Å². The van der Waals surface area contributed by atoms with Crippen molar-refractivity contribution >= 4 is 11.8 Å². The quantitative estimate of drug-likeness (QED) is 0.337. The zero-order chi connectivity index (χ0) is 26.1. The smallest absolute Gasteiger partial charge is 0.406 e. The number of carboxylic acid groups (broad SMARTS) is 1. The van der Waals surface area contributed by atoms with Crippen LogP contribution in [0.5, 0.6) is 0 Å². The van der Waals surface area contributed by atoms with Crippen LogP contribution < -0.4 is 5.32 Å². The van der Waals surface area contributed by atoms with E-state index in [4.69, 9.17) is 9.63 Å². The minimum absolute atomic E-state index is 0.0241. The molecule has 1 atom stereocenters. The van der Waals surface area contributed by atoms with Crippen LogP contribution >= 0.6 is 0 Å². The first kappa shape index (κ1) is 24.8. The van der Waals surface area contributed by atoms with Crippen LogP contribution in [-0.2, 0) is 11.3 Å². The van der Waals surface area contributed by atoms with Gasteiger partial charge in [0.1, 0.15) is 23.5 Å². The maximum Gasteiger partial charge on any atom is 0.406 e. The molecule has 3 heterocycles. The van der Waals surface area contributed by atoms with Gasteiger partial charge in [0, 0.05) is 18.2 Å². The van der Waals surface area contributed by atoms with Gasteiger partial charge in [0.25, 0.3) is 0 Å². The summed E-state index contributed by atoms with van der Waals surface area (Å²) in [6.07, 6.45) is -3.09. The molecular formula is C22H17F5N6O3. The third-order valence-corrected chi connectivity index (χ3v) is 5.44. The second-order valence-electron chi connectivity index (χ2n) is 7.93. The maximum absolute atomic E-state index is 14.3. The van der Waals surface area contributed by atoms with Gasteiger partial charge in [0.05, 0.1) is 18.4 Å². The number of rotatable bonds is 8. The number of halogens is 5. The Kier molecular flexibility index (Phi) is 6.43. The van der Waals surface area contributed by atoms with Crippen molar-refractivity contribution in [3.63, 3.8) is 0 Å². The summed E-state index contributed by atoms with van der Waals surface area (Å²) in [7, 11) is 0. The number of carbonyl (C=O) groups is 1. The van der Waals surface area contributed by atoms with Crippen molar-refractivity contribution in [2.24, 2.45) is 5.41 Å². The van der Waals surface area contributed by atoms with Crippen molar-refractivity contribution in [1.29, 1.82) is 0 Å². The summed E-state index contributed by atoms with van der Waals surface area (Å²) in [5.74, 6) is -4.54. The molecule has 1 unspecified atom stereocenters. The summed E-state index contributed by atoms with van der Waals surface area (Å²) in [4.78, 5) is 19.0. The van der Waals surface area contributed by atoms with Crippen molar-refractivity contribution in [2.45, 2.75) is 19.6 Å². The number of hydrogen-bond donors (Lipinski definition) is 2. The van der Waals surface area contributed by atoms with Gasteiger partial charge in [-0.25, -0.2) is 18.7 Å². The lowest BCUT2D eigenvalue weighted by atomic mass is 9.90. The summed E-state index contributed by atoms with van der Waals surface area (Å²) in [5.41, 5.74) is -2.11. The Morgan fingerprint density at radius 2 is 1.89 bits per heavy atom. The van der Waals surface area contributed by atoms with Crippen molar-refractivity contribution in [1.82, 2.24) is 24.9 Å². The van der Waals surface area contributed by atoms with Gasteiger partial charge < -0.3 is 14.9 Å². The molecule has 0 aliphatic rings. The number of hydrogen-bond acceptors (Lipinski definition) is 7. The van der Waals surface area contributed by atoms with E-state index >= 15 is 0 Å². The minimum atomic E-state index is -5.11. The van der Waals surface area contributed by atoms with Gasteiger partial charge in [-0.05, 0) is 19.1 Å². The fourth-order valence-electron chi connectivity index (χ4n) is 3.16. The average Bonchev–Trinajstić information content (AvgIpc) is 3.49. The minimum Gasteiger partial charge on any atom is -0.481 e. The second-order valence-corrected chi connectivity index (χ2v) is 7.93. The summed E-state index contributed by atoms with van der Waals surface area (Å²) in [5, 5.41) is 19.4. The SMILES string of the molecule is CC(CNc1nc(-c2cc(-c3ccon3)n(Cc3ccccc3F)n2)ncc1F)(C(=O)O)C(F)(F)F. The number of aliphatic carboxylic acids is 1. The van der Waals surface area contributed by atoms with E-state index in [1.807, 2.05) is 0 Å². The second kappa shape index (κ2) is 9.36. The Morgan fingerprint density at radius 3 is 2.53 bits per heavy atom. The number of benzene rings is 1. The van der Waals surface area contributed by atoms with Gasteiger partial charge in [-0.15, -0.1) is 0 Å². The van der Waals surface area contributed by atoms with Crippen LogP contribution in [0, 0.1) is 17.0 Å². The molecule has 36 heavy (non-hydrogen) atoms. The molecule has 188 valence electrons. The van der Waals surface area contributed by atoms with Gasteiger partial charge in [0.15, 0.2) is 22.9 Å². The molecule has 3 aromatic heterocycles. The molecule has 4 aromatic rings. The lowest BCUT2D eigenvalue weighted by Crippen LogP contribution is -2.47. The van der Waals surface area contributed by atoms with Crippen LogP contribution in [0.4, 0.5) is 27.8 Å². The van der Waals surface area contributed by atoms with E-state index in [0.29, 0.717) is 30.1 Å². The molecule has 0 saturated heterocycles. The number of carboxylic acids is 1. The van der Waals surface area contributed by atoms with Crippen LogP contribution in [0.1, 0.15) is 12.5 Å². The van der Waals surface area contributed by atoms with Crippen molar-refractivity contribution in [3.05, 3.63) is 66.1 Å². The molecule has 9 nitrogen and oxygen atoms in total. The summed E-state index contributed by atoms with van der Waals surface area (Å²) in [6.45, 7) is -0.744. The standard InChI is InChI=1S/C22H17F5N6O3/c1-21(20(34)35,22(25,26)27)11-29-18-14(24)9-28-19(30-18)16-8-17(15-6-7-36-32-15)33(31-16)10-12-4-2-3-5-13(12)23/h2-9H,10-11H2,1H3,(H,34,35)(H,28,29,30). The topological polar surface area (TPSA) is 119 Å². The molecular weight excluding hydrogens is 491 g/mol. The number of alkyl halides is 3.